The highest BCUT2D eigenvalue weighted by Gasteiger charge is 2.48. The lowest BCUT2D eigenvalue weighted by Gasteiger charge is -2.45. The highest BCUT2D eigenvalue weighted by molar-refractivity contribution is 4.98. The second-order valence-electron chi connectivity index (χ2n) is 6.44. The van der Waals surface area contributed by atoms with Gasteiger partial charge in [-0.3, -0.25) is 0 Å². The number of halogens is 1. The minimum atomic E-state index is -1.19. The molecule has 0 spiro atoms. The highest BCUT2D eigenvalue weighted by atomic mass is 19.1. The summed E-state index contributed by atoms with van der Waals surface area (Å²) in [5, 5.41) is 0. The van der Waals surface area contributed by atoms with E-state index in [1.165, 1.54) is 19.3 Å². The third-order valence-corrected chi connectivity index (χ3v) is 4.62. The van der Waals surface area contributed by atoms with Gasteiger partial charge >= 0.3 is 0 Å². The molecule has 0 amide bonds. The molecule has 2 N–H and O–H groups in total. The van der Waals surface area contributed by atoms with Gasteiger partial charge in [0.1, 0.15) is 5.67 Å². The predicted molar refractivity (Wildman–Crippen MR) is 68.1 cm³/mol. The number of alkyl halides is 1. The van der Waals surface area contributed by atoms with Crippen molar-refractivity contribution >= 4 is 0 Å². The van der Waals surface area contributed by atoms with Gasteiger partial charge in [0, 0.05) is 6.54 Å². The SMILES string of the molecule is CCC1CCC(C(F)(CN)C(C)(C)C)CC1. The van der Waals surface area contributed by atoms with E-state index in [1.54, 1.807) is 0 Å². The van der Waals surface area contributed by atoms with Crippen molar-refractivity contribution in [2.45, 2.75) is 65.5 Å². The molecule has 1 rings (SSSR count). The Labute approximate surface area is 100.0 Å². The van der Waals surface area contributed by atoms with Crippen molar-refractivity contribution in [3.63, 3.8) is 0 Å². The molecule has 1 nitrogen and oxygen atoms in total. The fourth-order valence-corrected chi connectivity index (χ4v) is 3.11. The first kappa shape index (κ1) is 14.0. The van der Waals surface area contributed by atoms with Gasteiger partial charge in [-0.25, -0.2) is 4.39 Å². The Morgan fingerprint density at radius 3 is 1.94 bits per heavy atom. The number of nitrogens with two attached hydrogens (primary N) is 1. The van der Waals surface area contributed by atoms with Gasteiger partial charge in [0.2, 0.25) is 0 Å². The zero-order chi connectivity index (χ0) is 12.4. The maximum Gasteiger partial charge on any atom is 0.130 e. The Bertz CT molecular complexity index is 213. The standard InChI is InChI=1S/C14H28FN/c1-5-11-6-8-12(9-7-11)14(15,10-16)13(2,3)4/h11-12H,5-10,16H2,1-4H3. The van der Waals surface area contributed by atoms with Crippen molar-refractivity contribution in [3.8, 4) is 0 Å². The molecule has 0 bridgehead atoms. The summed E-state index contributed by atoms with van der Waals surface area (Å²) in [7, 11) is 0. The van der Waals surface area contributed by atoms with E-state index < -0.39 is 5.67 Å². The predicted octanol–water partition coefficient (Wildman–Crippen LogP) is 3.92. The first-order valence-corrected chi connectivity index (χ1v) is 6.74. The fourth-order valence-electron chi connectivity index (χ4n) is 3.11. The van der Waals surface area contributed by atoms with Gasteiger partial charge in [-0.05, 0) is 30.1 Å². The molecule has 0 aromatic heterocycles. The van der Waals surface area contributed by atoms with Gasteiger partial charge in [0.05, 0.1) is 0 Å². The first-order valence-electron chi connectivity index (χ1n) is 6.74. The third kappa shape index (κ3) is 2.58. The van der Waals surface area contributed by atoms with Crippen LogP contribution >= 0.6 is 0 Å². The Balaban J connectivity index is 2.69. The summed E-state index contributed by atoms with van der Waals surface area (Å²) in [6.07, 6.45) is 5.64. The first-order chi connectivity index (χ1) is 7.35. The molecule has 0 aliphatic heterocycles. The maximum atomic E-state index is 15.0. The van der Waals surface area contributed by atoms with E-state index in [9.17, 15) is 0 Å². The van der Waals surface area contributed by atoms with Gasteiger partial charge in [0.25, 0.3) is 0 Å². The van der Waals surface area contributed by atoms with E-state index in [4.69, 9.17) is 5.73 Å². The molecular formula is C14H28FN. The van der Waals surface area contributed by atoms with Crippen LogP contribution < -0.4 is 5.73 Å². The van der Waals surface area contributed by atoms with Crippen LogP contribution in [0.25, 0.3) is 0 Å². The van der Waals surface area contributed by atoms with Crippen molar-refractivity contribution in [1.29, 1.82) is 0 Å². The van der Waals surface area contributed by atoms with Gasteiger partial charge in [0.15, 0.2) is 0 Å². The molecule has 96 valence electrons. The summed E-state index contributed by atoms with van der Waals surface area (Å²) in [4.78, 5) is 0. The van der Waals surface area contributed by atoms with Crippen LogP contribution in [-0.4, -0.2) is 12.2 Å². The van der Waals surface area contributed by atoms with Gasteiger partial charge in [-0.15, -0.1) is 0 Å². The lowest BCUT2D eigenvalue weighted by Crippen LogP contribution is -2.52. The molecule has 0 saturated heterocycles. The molecule has 0 aromatic rings. The lowest BCUT2D eigenvalue weighted by molar-refractivity contribution is -0.0393. The smallest absolute Gasteiger partial charge is 0.130 e. The van der Waals surface area contributed by atoms with Crippen molar-refractivity contribution < 1.29 is 4.39 Å². The second-order valence-corrected chi connectivity index (χ2v) is 6.44. The van der Waals surface area contributed by atoms with Crippen LogP contribution in [0.3, 0.4) is 0 Å². The average molecular weight is 229 g/mol. The zero-order valence-corrected chi connectivity index (χ0v) is 11.4. The number of rotatable bonds is 3. The summed E-state index contributed by atoms with van der Waals surface area (Å²) in [6, 6.07) is 0. The Morgan fingerprint density at radius 1 is 1.12 bits per heavy atom. The van der Waals surface area contributed by atoms with Crippen LogP contribution in [-0.2, 0) is 0 Å². The van der Waals surface area contributed by atoms with Gasteiger partial charge in [-0.2, -0.15) is 0 Å². The van der Waals surface area contributed by atoms with Gasteiger partial charge < -0.3 is 5.73 Å². The molecule has 1 unspecified atom stereocenters. The summed E-state index contributed by atoms with van der Waals surface area (Å²) in [5.74, 6) is 0.985. The molecular weight excluding hydrogens is 201 g/mol. The van der Waals surface area contributed by atoms with E-state index in [0.717, 1.165) is 18.8 Å². The Hall–Kier alpha value is -0.110. The molecule has 1 atom stereocenters. The minimum absolute atomic E-state index is 0.165. The monoisotopic (exact) mass is 229 g/mol. The van der Waals surface area contributed by atoms with Crippen molar-refractivity contribution in [2.75, 3.05) is 6.54 Å². The van der Waals surface area contributed by atoms with E-state index >= 15 is 4.39 Å². The van der Waals surface area contributed by atoms with Crippen LogP contribution in [0.15, 0.2) is 0 Å². The molecule has 1 aliphatic rings. The van der Waals surface area contributed by atoms with Crippen molar-refractivity contribution in [1.82, 2.24) is 0 Å². The molecule has 0 aromatic carbocycles. The average Bonchev–Trinajstić information content (AvgIpc) is 2.26. The van der Waals surface area contributed by atoms with E-state index in [2.05, 4.69) is 6.92 Å². The van der Waals surface area contributed by atoms with Crippen LogP contribution in [0.1, 0.15) is 59.8 Å². The number of hydrogen-bond acceptors (Lipinski definition) is 1. The van der Waals surface area contributed by atoms with Crippen LogP contribution in [0.4, 0.5) is 4.39 Å². The topological polar surface area (TPSA) is 26.0 Å². The second kappa shape index (κ2) is 5.03. The summed E-state index contributed by atoms with van der Waals surface area (Å²) < 4.78 is 15.0. The summed E-state index contributed by atoms with van der Waals surface area (Å²) in [5.41, 5.74) is 4.19. The minimum Gasteiger partial charge on any atom is -0.327 e. The van der Waals surface area contributed by atoms with Crippen molar-refractivity contribution in [3.05, 3.63) is 0 Å². The summed E-state index contributed by atoms with van der Waals surface area (Å²) >= 11 is 0. The molecule has 1 fully saturated rings. The molecule has 1 aliphatic carbocycles. The maximum absolute atomic E-state index is 15.0. The van der Waals surface area contributed by atoms with Crippen LogP contribution in [0.2, 0.25) is 0 Å². The van der Waals surface area contributed by atoms with Crippen molar-refractivity contribution in [2.24, 2.45) is 23.0 Å². The van der Waals surface area contributed by atoms with Crippen LogP contribution in [0.5, 0.6) is 0 Å². The Kier molecular flexibility index (Phi) is 4.39. The van der Waals surface area contributed by atoms with Crippen LogP contribution in [0, 0.1) is 17.3 Å². The lowest BCUT2D eigenvalue weighted by atomic mass is 9.64. The van der Waals surface area contributed by atoms with Gasteiger partial charge in [-0.1, -0.05) is 47.0 Å². The third-order valence-electron chi connectivity index (χ3n) is 4.62. The molecule has 0 radical (unpaired) electrons. The largest absolute Gasteiger partial charge is 0.327 e. The molecule has 0 heterocycles. The molecule has 16 heavy (non-hydrogen) atoms. The molecule has 2 heteroatoms. The zero-order valence-electron chi connectivity index (χ0n) is 11.4. The van der Waals surface area contributed by atoms with E-state index in [1.807, 2.05) is 20.8 Å². The Morgan fingerprint density at radius 2 is 1.62 bits per heavy atom. The normalized spacial score (nSPS) is 31.1. The fraction of sp³-hybridized carbons (Fsp3) is 1.00. The summed E-state index contributed by atoms with van der Waals surface area (Å²) in [6.45, 7) is 8.33. The number of hydrogen-bond donors (Lipinski definition) is 1. The van der Waals surface area contributed by atoms with E-state index in [0.29, 0.717) is 0 Å². The molecule has 1 saturated carbocycles. The highest BCUT2D eigenvalue weighted by Crippen LogP contribution is 2.46. The van der Waals surface area contributed by atoms with E-state index in [-0.39, 0.29) is 17.9 Å². The quantitative estimate of drug-likeness (QED) is 0.780.